The van der Waals surface area contributed by atoms with E-state index in [0.717, 1.165) is 0 Å². The first-order valence-electron chi connectivity index (χ1n) is 10.1. The van der Waals surface area contributed by atoms with Crippen LogP contribution in [0.15, 0.2) is 60.9 Å². The quantitative estimate of drug-likeness (QED) is 0.232. The molecule has 0 unspecified atom stereocenters. The van der Waals surface area contributed by atoms with Crippen LogP contribution in [0.1, 0.15) is 21.7 Å². The summed E-state index contributed by atoms with van der Waals surface area (Å²) in [6.07, 6.45) is 3.23. The minimum Gasteiger partial charge on any atom is -0.497 e. The third-order valence-corrected chi connectivity index (χ3v) is 5.40. The van der Waals surface area contributed by atoms with Gasteiger partial charge < -0.3 is 9.47 Å². The molecular formula is C24H19ClN6O3. The van der Waals surface area contributed by atoms with Gasteiger partial charge in [-0.15, -0.1) is 0 Å². The number of rotatable bonds is 6. The third kappa shape index (κ3) is 4.40. The van der Waals surface area contributed by atoms with Crippen molar-refractivity contribution in [2.24, 2.45) is 7.05 Å². The molecule has 4 rings (SSSR count). The van der Waals surface area contributed by atoms with Gasteiger partial charge in [-0.05, 0) is 49.4 Å². The second kappa shape index (κ2) is 9.60. The highest BCUT2D eigenvalue weighted by Crippen LogP contribution is 2.32. The summed E-state index contributed by atoms with van der Waals surface area (Å²) < 4.78 is 13.7. The zero-order chi connectivity index (χ0) is 24.2. The number of nitrogens with zero attached hydrogens (tertiary/aromatic N) is 6. The predicted octanol–water partition coefficient (Wildman–Crippen LogP) is 4.36. The highest BCUT2D eigenvalue weighted by molar-refractivity contribution is 6.33. The number of halogens is 1. The Bertz CT molecular complexity index is 1420. The number of aromatic nitrogens is 5. The largest absolute Gasteiger partial charge is 0.497 e. The molecule has 0 saturated heterocycles. The molecule has 0 atom stereocenters. The highest BCUT2D eigenvalue weighted by Gasteiger charge is 2.26. The van der Waals surface area contributed by atoms with E-state index < -0.39 is 5.97 Å². The fourth-order valence-electron chi connectivity index (χ4n) is 3.27. The molecule has 10 heteroatoms. The van der Waals surface area contributed by atoms with Gasteiger partial charge in [-0.25, -0.2) is 9.48 Å². The van der Waals surface area contributed by atoms with Crippen molar-refractivity contribution in [3.63, 3.8) is 0 Å². The number of hydrogen-bond donors (Lipinski definition) is 0. The van der Waals surface area contributed by atoms with Gasteiger partial charge in [0, 0.05) is 19.4 Å². The van der Waals surface area contributed by atoms with Crippen molar-refractivity contribution in [2.45, 2.75) is 6.92 Å². The van der Waals surface area contributed by atoms with E-state index in [1.54, 1.807) is 68.8 Å². The lowest BCUT2D eigenvalue weighted by atomic mass is 10.2. The van der Waals surface area contributed by atoms with E-state index in [-0.39, 0.29) is 27.7 Å². The number of nitriles is 1. The van der Waals surface area contributed by atoms with Crippen LogP contribution in [0.4, 0.5) is 0 Å². The van der Waals surface area contributed by atoms with Gasteiger partial charge in [0.15, 0.2) is 11.5 Å². The number of allylic oxidation sites excluding steroid dienone is 1. The Labute approximate surface area is 200 Å². The smallest absolute Gasteiger partial charge is 0.343 e. The molecule has 0 amide bonds. The number of hydrogen-bond acceptors (Lipinski definition) is 7. The van der Waals surface area contributed by atoms with Crippen molar-refractivity contribution in [3.8, 4) is 23.2 Å². The van der Waals surface area contributed by atoms with E-state index in [1.807, 2.05) is 6.07 Å². The zero-order valence-electron chi connectivity index (χ0n) is 18.6. The minimum atomic E-state index is -0.683. The molecule has 0 fully saturated rings. The highest BCUT2D eigenvalue weighted by atomic mass is 35.5. The lowest BCUT2D eigenvalue weighted by molar-refractivity contribution is 0.0691. The summed E-state index contributed by atoms with van der Waals surface area (Å²) in [6.45, 7) is 1.72. The fourth-order valence-corrected chi connectivity index (χ4v) is 3.52. The summed E-state index contributed by atoms with van der Waals surface area (Å²) in [5.41, 5.74) is 2.18. The SMILES string of the molecule is COc1ccc(C(=O)OC(=C(C#N)n2ccc(-c3ccccn3)n2)c2c(Cl)c(C)nn2C)cc1. The number of carbonyl (C=O) groups is 1. The van der Waals surface area contributed by atoms with E-state index in [4.69, 9.17) is 21.1 Å². The number of benzene rings is 1. The van der Waals surface area contributed by atoms with Gasteiger partial charge in [0.2, 0.25) is 0 Å². The molecule has 34 heavy (non-hydrogen) atoms. The van der Waals surface area contributed by atoms with E-state index in [1.165, 1.54) is 16.5 Å². The Morgan fingerprint density at radius 1 is 1.09 bits per heavy atom. The molecule has 0 bridgehead atoms. The Balaban J connectivity index is 1.83. The monoisotopic (exact) mass is 474 g/mol. The number of methoxy groups -OCH3 is 1. The van der Waals surface area contributed by atoms with Crippen LogP contribution in [0.5, 0.6) is 5.75 Å². The van der Waals surface area contributed by atoms with Gasteiger partial charge in [-0.3, -0.25) is 9.67 Å². The zero-order valence-corrected chi connectivity index (χ0v) is 19.3. The molecule has 170 valence electrons. The number of ether oxygens (including phenoxy) is 2. The molecule has 9 nitrogen and oxygen atoms in total. The first kappa shape index (κ1) is 22.8. The molecule has 0 aliphatic carbocycles. The van der Waals surface area contributed by atoms with Gasteiger partial charge in [0.05, 0.1) is 29.1 Å². The maximum Gasteiger partial charge on any atom is 0.343 e. The Morgan fingerprint density at radius 3 is 2.44 bits per heavy atom. The summed E-state index contributed by atoms with van der Waals surface area (Å²) in [5, 5.41) is 19.1. The van der Waals surface area contributed by atoms with Crippen molar-refractivity contribution in [3.05, 3.63) is 82.9 Å². The Hall–Kier alpha value is -4.42. The van der Waals surface area contributed by atoms with Crippen molar-refractivity contribution in [1.29, 1.82) is 5.26 Å². The van der Waals surface area contributed by atoms with E-state index >= 15 is 0 Å². The molecule has 0 N–H and O–H groups in total. The Kier molecular flexibility index (Phi) is 6.43. The number of aryl methyl sites for hydroxylation is 2. The van der Waals surface area contributed by atoms with Crippen LogP contribution >= 0.6 is 11.6 Å². The minimum absolute atomic E-state index is 0.0473. The van der Waals surface area contributed by atoms with Gasteiger partial charge in [-0.1, -0.05) is 17.7 Å². The van der Waals surface area contributed by atoms with Gasteiger partial charge in [0.1, 0.15) is 23.2 Å². The van der Waals surface area contributed by atoms with Crippen LogP contribution in [-0.4, -0.2) is 37.6 Å². The second-order valence-electron chi connectivity index (χ2n) is 7.14. The van der Waals surface area contributed by atoms with Gasteiger partial charge in [-0.2, -0.15) is 15.5 Å². The maximum absolute atomic E-state index is 13.0. The molecule has 0 spiro atoms. The second-order valence-corrected chi connectivity index (χ2v) is 7.52. The van der Waals surface area contributed by atoms with Crippen LogP contribution in [0, 0.1) is 18.3 Å². The first-order chi connectivity index (χ1) is 16.4. The van der Waals surface area contributed by atoms with Crippen molar-refractivity contribution < 1.29 is 14.3 Å². The van der Waals surface area contributed by atoms with Gasteiger partial charge in [0.25, 0.3) is 0 Å². The van der Waals surface area contributed by atoms with Crippen LogP contribution in [0.25, 0.3) is 22.8 Å². The molecule has 0 aliphatic heterocycles. The summed E-state index contributed by atoms with van der Waals surface area (Å²) in [7, 11) is 3.18. The maximum atomic E-state index is 13.0. The van der Waals surface area contributed by atoms with Crippen LogP contribution in [-0.2, 0) is 11.8 Å². The summed E-state index contributed by atoms with van der Waals surface area (Å²) in [4.78, 5) is 17.3. The number of carbonyl (C=O) groups excluding carboxylic acids is 1. The van der Waals surface area contributed by atoms with Crippen molar-refractivity contribution in [2.75, 3.05) is 7.11 Å². The number of pyridine rings is 1. The molecule has 4 aromatic rings. The third-order valence-electron chi connectivity index (χ3n) is 4.95. The van der Waals surface area contributed by atoms with Crippen molar-refractivity contribution in [1.82, 2.24) is 24.5 Å². The first-order valence-corrected chi connectivity index (χ1v) is 10.5. The Morgan fingerprint density at radius 2 is 1.85 bits per heavy atom. The molecule has 3 heterocycles. The standard InChI is InChI=1S/C24H19ClN6O3/c1-15-21(25)22(30(2)28-15)23(34-24(32)16-7-9-17(33-3)10-8-16)20(14-26)31-13-11-19(29-31)18-6-4-5-12-27-18/h4-13H,1-3H3. The predicted molar refractivity (Wildman–Crippen MR) is 126 cm³/mol. The lowest BCUT2D eigenvalue weighted by Gasteiger charge is -2.13. The molecule has 0 saturated carbocycles. The molecular weight excluding hydrogens is 456 g/mol. The normalized spacial score (nSPS) is 11.5. The molecule has 0 aliphatic rings. The summed E-state index contributed by atoms with van der Waals surface area (Å²) >= 11 is 6.49. The van der Waals surface area contributed by atoms with E-state index in [9.17, 15) is 10.1 Å². The summed E-state index contributed by atoms with van der Waals surface area (Å²) in [5.74, 6) is -0.168. The number of esters is 1. The topological polar surface area (TPSA) is 108 Å². The van der Waals surface area contributed by atoms with Crippen LogP contribution in [0.2, 0.25) is 5.02 Å². The van der Waals surface area contributed by atoms with Gasteiger partial charge >= 0.3 is 5.97 Å². The van der Waals surface area contributed by atoms with E-state index in [2.05, 4.69) is 21.3 Å². The molecule has 1 aromatic carbocycles. The average Bonchev–Trinajstić information content (AvgIpc) is 3.44. The average molecular weight is 475 g/mol. The summed E-state index contributed by atoms with van der Waals surface area (Å²) in [6, 6.07) is 15.6. The van der Waals surface area contributed by atoms with E-state index in [0.29, 0.717) is 22.8 Å². The molecule has 3 aromatic heterocycles. The lowest BCUT2D eigenvalue weighted by Crippen LogP contribution is -2.12. The molecule has 0 radical (unpaired) electrons. The van der Waals surface area contributed by atoms with Crippen molar-refractivity contribution >= 4 is 29.0 Å². The fraction of sp³-hybridized carbons (Fsp3) is 0.125. The van der Waals surface area contributed by atoms with Crippen LogP contribution < -0.4 is 4.74 Å². The van der Waals surface area contributed by atoms with Crippen LogP contribution in [0.3, 0.4) is 0 Å².